The fourth-order valence-electron chi connectivity index (χ4n) is 1.74. The normalized spacial score (nSPS) is 22.1. The van der Waals surface area contributed by atoms with Gasteiger partial charge in [0.05, 0.1) is 6.54 Å². The first-order valence-electron chi connectivity index (χ1n) is 4.83. The highest BCUT2D eigenvalue weighted by molar-refractivity contribution is 5.85. The largest absolute Gasteiger partial charge is 0.480 e. The number of amides is 1. The molecule has 80 valence electrons. The SMILES string of the molecule is CNCC(=O)N1CCCCC1C(=O)O. The maximum Gasteiger partial charge on any atom is 0.326 e. The van der Waals surface area contributed by atoms with Crippen LogP contribution in [0, 0.1) is 0 Å². The smallest absolute Gasteiger partial charge is 0.326 e. The van der Waals surface area contributed by atoms with Gasteiger partial charge in [-0.2, -0.15) is 0 Å². The predicted molar refractivity (Wildman–Crippen MR) is 50.9 cm³/mol. The average Bonchev–Trinajstić information content (AvgIpc) is 2.18. The van der Waals surface area contributed by atoms with Crippen LogP contribution in [-0.2, 0) is 9.59 Å². The lowest BCUT2D eigenvalue weighted by Gasteiger charge is -2.32. The molecule has 0 radical (unpaired) electrons. The zero-order valence-electron chi connectivity index (χ0n) is 8.32. The molecule has 1 saturated heterocycles. The second-order valence-electron chi connectivity index (χ2n) is 3.47. The van der Waals surface area contributed by atoms with Crippen molar-refractivity contribution >= 4 is 11.9 Å². The fourth-order valence-corrected chi connectivity index (χ4v) is 1.74. The van der Waals surface area contributed by atoms with Crippen LogP contribution in [0.15, 0.2) is 0 Å². The molecule has 1 rings (SSSR count). The Bertz CT molecular complexity index is 230. The van der Waals surface area contributed by atoms with Gasteiger partial charge in [-0.1, -0.05) is 0 Å². The molecule has 1 atom stereocenters. The van der Waals surface area contributed by atoms with Crippen molar-refractivity contribution in [3.05, 3.63) is 0 Å². The maximum atomic E-state index is 11.5. The van der Waals surface area contributed by atoms with E-state index in [1.54, 1.807) is 7.05 Å². The Kier molecular flexibility index (Phi) is 3.88. The van der Waals surface area contributed by atoms with Gasteiger partial charge in [-0.25, -0.2) is 4.79 Å². The number of carboxylic acid groups (broad SMARTS) is 1. The van der Waals surface area contributed by atoms with Gasteiger partial charge in [0.25, 0.3) is 0 Å². The van der Waals surface area contributed by atoms with E-state index in [4.69, 9.17) is 5.11 Å². The highest BCUT2D eigenvalue weighted by Crippen LogP contribution is 2.16. The van der Waals surface area contributed by atoms with Crippen molar-refractivity contribution in [2.45, 2.75) is 25.3 Å². The Morgan fingerprint density at radius 1 is 1.50 bits per heavy atom. The topological polar surface area (TPSA) is 69.6 Å². The van der Waals surface area contributed by atoms with Crippen molar-refractivity contribution in [1.29, 1.82) is 0 Å². The van der Waals surface area contributed by atoms with E-state index in [2.05, 4.69) is 5.32 Å². The summed E-state index contributed by atoms with van der Waals surface area (Å²) in [5.74, 6) is -1.02. The molecule has 14 heavy (non-hydrogen) atoms. The third kappa shape index (κ3) is 2.45. The number of aliphatic carboxylic acids is 1. The summed E-state index contributed by atoms with van der Waals surface area (Å²) in [5, 5.41) is 11.7. The number of nitrogens with one attached hydrogen (secondary N) is 1. The molecule has 0 spiro atoms. The minimum Gasteiger partial charge on any atom is -0.480 e. The van der Waals surface area contributed by atoms with Crippen molar-refractivity contribution in [1.82, 2.24) is 10.2 Å². The average molecular weight is 200 g/mol. The molecule has 0 aliphatic carbocycles. The second kappa shape index (κ2) is 4.95. The van der Waals surface area contributed by atoms with E-state index in [1.807, 2.05) is 0 Å². The van der Waals surface area contributed by atoms with Crippen LogP contribution in [0.1, 0.15) is 19.3 Å². The van der Waals surface area contributed by atoms with Crippen LogP contribution in [0.2, 0.25) is 0 Å². The van der Waals surface area contributed by atoms with Crippen molar-refractivity contribution in [2.75, 3.05) is 20.1 Å². The Morgan fingerprint density at radius 2 is 2.21 bits per heavy atom. The zero-order valence-corrected chi connectivity index (χ0v) is 8.32. The molecule has 1 amide bonds. The van der Waals surface area contributed by atoms with E-state index in [1.165, 1.54) is 4.90 Å². The monoisotopic (exact) mass is 200 g/mol. The van der Waals surface area contributed by atoms with E-state index in [0.29, 0.717) is 13.0 Å². The van der Waals surface area contributed by atoms with Crippen molar-refractivity contribution in [3.8, 4) is 0 Å². The molecular weight excluding hydrogens is 184 g/mol. The Labute approximate surface area is 83.1 Å². The van der Waals surface area contributed by atoms with Gasteiger partial charge in [-0.15, -0.1) is 0 Å². The van der Waals surface area contributed by atoms with Crippen LogP contribution in [-0.4, -0.2) is 48.1 Å². The molecule has 0 aromatic rings. The highest BCUT2D eigenvalue weighted by Gasteiger charge is 2.31. The summed E-state index contributed by atoms with van der Waals surface area (Å²) in [7, 11) is 1.68. The van der Waals surface area contributed by atoms with Crippen molar-refractivity contribution in [3.63, 3.8) is 0 Å². The Hall–Kier alpha value is -1.10. The zero-order chi connectivity index (χ0) is 10.6. The summed E-state index contributed by atoms with van der Waals surface area (Å²) in [6.45, 7) is 0.779. The van der Waals surface area contributed by atoms with Crippen LogP contribution in [0.5, 0.6) is 0 Å². The lowest BCUT2D eigenvalue weighted by molar-refractivity contribution is -0.151. The lowest BCUT2D eigenvalue weighted by atomic mass is 10.0. The number of carbonyl (C=O) groups excluding carboxylic acids is 1. The Balaban J connectivity index is 2.62. The molecule has 2 N–H and O–H groups in total. The van der Waals surface area contributed by atoms with Crippen LogP contribution in [0.25, 0.3) is 0 Å². The van der Waals surface area contributed by atoms with Crippen LogP contribution in [0.3, 0.4) is 0 Å². The first kappa shape index (κ1) is 11.0. The second-order valence-corrected chi connectivity index (χ2v) is 3.47. The van der Waals surface area contributed by atoms with Gasteiger partial charge in [0.1, 0.15) is 6.04 Å². The molecule has 0 aromatic heterocycles. The van der Waals surface area contributed by atoms with Gasteiger partial charge in [0, 0.05) is 6.54 Å². The van der Waals surface area contributed by atoms with Crippen molar-refractivity contribution in [2.24, 2.45) is 0 Å². The van der Waals surface area contributed by atoms with Crippen molar-refractivity contribution < 1.29 is 14.7 Å². The third-order valence-corrected chi connectivity index (χ3v) is 2.44. The quantitative estimate of drug-likeness (QED) is 0.654. The first-order chi connectivity index (χ1) is 6.66. The maximum absolute atomic E-state index is 11.5. The molecule has 1 unspecified atom stereocenters. The number of piperidine rings is 1. The van der Waals surface area contributed by atoms with Gasteiger partial charge in [0.2, 0.25) is 5.91 Å². The molecule has 1 heterocycles. The third-order valence-electron chi connectivity index (χ3n) is 2.44. The summed E-state index contributed by atoms with van der Waals surface area (Å²) in [4.78, 5) is 23.8. The minimum absolute atomic E-state index is 0.125. The van der Waals surface area contributed by atoms with Gasteiger partial charge in [-0.05, 0) is 26.3 Å². The van der Waals surface area contributed by atoms with E-state index in [9.17, 15) is 9.59 Å². The van der Waals surface area contributed by atoms with E-state index in [-0.39, 0.29) is 12.5 Å². The van der Waals surface area contributed by atoms with E-state index < -0.39 is 12.0 Å². The number of likely N-dealkylation sites (N-methyl/N-ethyl adjacent to an activating group) is 1. The molecule has 5 nitrogen and oxygen atoms in total. The molecule has 1 fully saturated rings. The van der Waals surface area contributed by atoms with Gasteiger partial charge < -0.3 is 15.3 Å². The number of carbonyl (C=O) groups is 2. The van der Waals surface area contributed by atoms with Crippen LogP contribution >= 0.6 is 0 Å². The van der Waals surface area contributed by atoms with E-state index >= 15 is 0 Å². The lowest BCUT2D eigenvalue weighted by Crippen LogP contribution is -2.50. The number of carboxylic acids is 1. The fraction of sp³-hybridized carbons (Fsp3) is 0.778. The predicted octanol–water partition coefficient (Wildman–Crippen LogP) is -0.328. The van der Waals surface area contributed by atoms with E-state index in [0.717, 1.165) is 12.8 Å². The van der Waals surface area contributed by atoms with Gasteiger partial charge in [0.15, 0.2) is 0 Å². The van der Waals surface area contributed by atoms with Gasteiger partial charge >= 0.3 is 5.97 Å². The number of likely N-dealkylation sites (tertiary alicyclic amines) is 1. The molecular formula is C9H16N2O3. The standard InChI is InChI=1S/C9H16N2O3/c1-10-6-8(12)11-5-3-2-4-7(11)9(13)14/h7,10H,2-6H2,1H3,(H,13,14). The first-order valence-corrected chi connectivity index (χ1v) is 4.83. The minimum atomic E-state index is -0.894. The summed E-state index contributed by atoms with van der Waals surface area (Å²) in [5.41, 5.74) is 0. The summed E-state index contributed by atoms with van der Waals surface area (Å²) in [6, 6.07) is -0.621. The summed E-state index contributed by atoms with van der Waals surface area (Å²) >= 11 is 0. The number of hydrogen-bond acceptors (Lipinski definition) is 3. The Morgan fingerprint density at radius 3 is 2.79 bits per heavy atom. The van der Waals surface area contributed by atoms with Crippen LogP contribution in [0.4, 0.5) is 0 Å². The summed E-state index contributed by atoms with van der Waals surface area (Å²) in [6.07, 6.45) is 2.37. The molecule has 1 aliphatic rings. The van der Waals surface area contributed by atoms with Gasteiger partial charge in [-0.3, -0.25) is 4.79 Å². The number of hydrogen-bond donors (Lipinski definition) is 2. The highest BCUT2D eigenvalue weighted by atomic mass is 16.4. The molecule has 5 heteroatoms. The molecule has 1 aliphatic heterocycles. The summed E-state index contributed by atoms with van der Waals surface area (Å²) < 4.78 is 0. The number of nitrogens with zero attached hydrogens (tertiary/aromatic N) is 1. The molecule has 0 saturated carbocycles. The molecule has 0 aromatic carbocycles. The van der Waals surface area contributed by atoms with Crippen LogP contribution < -0.4 is 5.32 Å². The molecule has 0 bridgehead atoms. The number of rotatable bonds is 3.